The van der Waals surface area contributed by atoms with Gasteiger partial charge < -0.3 is 16.6 Å². The highest BCUT2D eigenvalue weighted by atomic mass is 16.3. The van der Waals surface area contributed by atoms with Crippen LogP contribution in [0.5, 0.6) is 0 Å². The lowest BCUT2D eigenvalue weighted by atomic mass is 10.5. The van der Waals surface area contributed by atoms with Crippen LogP contribution in [0.2, 0.25) is 0 Å². The lowest BCUT2D eigenvalue weighted by molar-refractivity contribution is 0.170. The molecule has 1 heterocycles. The summed E-state index contributed by atoms with van der Waals surface area (Å²) in [6, 6.07) is 0. The highest BCUT2D eigenvalue weighted by Crippen LogP contribution is 1.82. The van der Waals surface area contributed by atoms with Crippen molar-refractivity contribution in [1.29, 1.82) is 0 Å². The molecule has 0 bridgehead atoms. The Bertz CT molecular complexity index is 123. The Morgan fingerprint density at radius 1 is 1.17 bits per heavy atom. The summed E-state index contributed by atoms with van der Waals surface area (Å²) in [7, 11) is 0. The van der Waals surface area contributed by atoms with E-state index >= 15 is 0 Å². The van der Waals surface area contributed by atoms with Gasteiger partial charge in [0.05, 0.1) is 6.61 Å². The molecule has 2 unspecified atom stereocenters. The number of hydrogen-bond acceptors (Lipinski definition) is 7. The minimum Gasteiger partial charge on any atom is -0.395 e. The molecule has 1 rings (SSSR count). The fraction of sp³-hybridized carbons (Fsp3) is 1.00. The van der Waals surface area contributed by atoms with Gasteiger partial charge in [0.2, 0.25) is 0 Å². The van der Waals surface area contributed by atoms with E-state index in [4.69, 9.17) is 16.6 Å². The average molecular weight is 176 g/mol. The van der Waals surface area contributed by atoms with E-state index in [9.17, 15) is 0 Å². The Morgan fingerprint density at radius 2 is 1.75 bits per heavy atom. The summed E-state index contributed by atoms with van der Waals surface area (Å²) in [5, 5.41) is 20.2. The van der Waals surface area contributed by atoms with Gasteiger partial charge in [0, 0.05) is 6.54 Å². The zero-order chi connectivity index (χ0) is 8.97. The van der Waals surface area contributed by atoms with Gasteiger partial charge in [0.15, 0.2) is 0 Å². The first kappa shape index (κ1) is 9.81. The van der Waals surface area contributed by atoms with Gasteiger partial charge in [-0.25, -0.2) is 0 Å². The highest BCUT2D eigenvalue weighted by molar-refractivity contribution is 4.75. The molecule has 1 fully saturated rings. The van der Waals surface area contributed by atoms with Gasteiger partial charge in [-0.2, -0.15) is 0 Å². The van der Waals surface area contributed by atoms with Crippen LogP contribution in [-0.2, 0) is 0 Å². The fourth-order valence-electron chi connectivity index (χ4n) is 1.02. The Labute approximate surface area is 70.9 Å². The molecule has 1 aliphatic heterocycles. The zero-order valence-electron chi connectivity index (χ0n) is 6.75. The molecular weight excluding hydrogens is 160 g/mol. The van der Waals surface area contributed by atoms with E-state index in [0.29, 0.717) is 6.54 Å². The third-order valence-electron chi connectivity index (χ3n) is 1.51. The van der Waals surface area contributed by atoms with Crippen LogP contribution in [0.4, 0.5) is 0 Å². The second kappa shape index (κ2) is 4.67. The number of rotatable bonds is 3. The van der Waals surface area contributed by atoms with Gasteiger partial charge >= 0.3 is 0 Å². The van der Waals surface area contributed by atoms with Crippen LogP contribution in [-0.4, -0.2) is 37.1 Å². The van der Waals surface area contributed by atoms with Gasteiger partial charge in [-0.3, -0.25) is 21.3 Å². The molecule has 0 spiro atoms. The van der Waals surface area contributed by atoms with E-state index in [0.717, 1.165) is 0 Å². The maximum atomic E-state index is 8.53. The Morgan fingerprint density at radius 3 is 2.25 bits per heavy atom. The van der Waals surface area contributed by atoms with E-state index in [1.165, 1.54) is 0 Å². The van der Waals surface area contributed by atoms with Gasteiger partial charge in [-0.1, -0.05) is 0 Å². The van der Waals surface area contributed by atoms with Crippen LogP contribution in [0, 0.1) is 0 Å². The van der Waals surface area contributed by atoms with Crippen molar-refractivity contribution in [3.63, 3.8) is 0 Å². The lowest BCUT2D eigenvalue weighted by Gasteiger charge is -2.35. The second-order valence-electron chi connectivity index (χ2n) is 2.57. The molecule has 0 aromatic rings. The first-order valence-corrected chi connectivity index (χ1v) is 3.86. The molecule has 2 atom stereocenters. The third-order valence-corrected chi connectivity index (χ3v) is 1.51. The molecule has 1 aliphatic rings. The number of hydrogen-bond donors (Lipinski definition) is 7. The number of aliphatic hydroxyl groups is 1. The summed E-state index contributed by atoms with van der Waals surface area (Å²) in [6.45, 7) is 0.571. The standard InChI is InChI=1S/C5H16N6O/c6-3-9-4(7)11-5(10-3)8-1-2-12/h3-5,8-12H,1-2,6-7H2. The van der Waals surface area contributed by atoms with Crippen molar-refractivity contribution in [3.05, 3.63) is 0 Å². The largest absolute Gasteiger partial charge is 0.395 e. The minimum atomic E-state index is -0.336. The normalized spacial score (nSPS) is 36.8. The van der Waals surface area contributed by atoms with E-state index in [1.54, 1.807) is 0 Å². The van der Waals surface area contributed by atoms with Gasteiger partial charge in [0.1, 0.15) is 18.9 Å². The van der Waals surface area contributed by atoms with E-state index in [1.807, 2.05) is 0 Å². The summed E-state index contributed by atoms with van der Waals surface area (Å²) < 4.78 is 0. The minimum absolute atomic E-state index is 0.0811. The quantitative estimate of drug-likeness (QED) is 0.235. The molecule has 0 aromatic heterocycles. The third kappa shape index (κ3) is 2.99. The van der Waals surface area contributed by atoms with Crippen LogP contribution in [0.25, 0.3) is 0 Å². The monoisotopic (exact) mass is 176 g/mol. The van der Waals surface area contributed by atoms with Crippen molar-refractivity contribution >= 4 is 0 Å². The predicted molar refractivity (Wildman–Crippen MR) is 44.2 cm³/mol. The van der Waals surface area contributed by atoms with E-state index in [-0.39, 0.29) is 25.5 Å². The average Bonchev–Trinajstić information content (AvgIpc) is 1.99. The SMILES string of the molecule is NC1NC(N)NC(NCCO)N1. The molecule has 0 saturated carbocycles. The maximum Gasteiger partial charge on any atom is 0.116 e. The second-order valence-corrected chi connectivity index (χ2v) is 2.57. The molecule has 72 valence electrons. The first-order chi connectivity index (χ1) is 5.72. The molecule has 9 N–H and O–H groups in total. The van der Waals surface area contributed by atoms with E-state index in [2.05, 4.69) is 21.3 Å². The molecule has 1 saturated heterocycles. The molecule has 0 radical (unpaired) electrons. The summed E-state index contributed by atoms with van der Waals surface area (Å²) in [6.07, 6.45) is -0.835. The van der Waals surface area contributed by atoms with Crippen LogP contribution in [0.1, 0.15) is 0 Å². The topological polar surface area (TPSA) is 120 Å². The van der Waals surface area contributed by atoms with Crippen LogP contribution in [0.15, 0.2) is 0 Å². The Hall–Kier alpha value is -0.280. The van der Waals surface area contributed by atoms with Crippen molar-refractivity contribution in [1.82, 2.24) is 21.3 Å². The first-order valence-electron chi connectivity index (χ1n) is 3.86. The number of aliphatic hydroxyl groups excluding tert-OH is 1. The van der Waals surface area contributed by atoms with Crippen LogP contribution < -0.4 is 32.7 Å². The molecule has 7 nitrogen and oxygen atoms in total. The van der Waals surface area contributed by atoms with Gasteiger partial charge in [-0.05, 0) is 0 Å². The summed E-state index contributed by atoms with van der Waals surface area (Å²) in [4.78, 5) is 0. The summed E-state index contributed by atoms with van der Waals surface area (Å²) in [5.41, 5.74) is 11.1. The highest BCUT2D eigenvalue weighted by Gasteiger charge is 2.20. The molecule has 12 heavy (non-hydrogen) atoms. The van der Waals surface area contributed by atoms with E-state index < -0.39 is 0 Å². The summed E-state index contributed by atoms with van der Waals surface area (Å²) >= 11 is 0. The molecular formula is C5H16N6O. The Kier molecular flexibility index (Phi) is 3.82. The number of nitrogens with one attached hydrogen (secondary N) is 4. The Balaban J connectivity index is 2.24. The van der Waals surface area contributed by atoms with Crippen LogP contribution in [0.3, 0.4) is 0 Å². The summed E-state index contributed by atoms with van der Waals surface area (Å²) in [5.74, 6) is 0. The van der Waals surface area contributed by atoms with Crippen molar-refractivity contribution in [2.75, 3.05) is 13.2 Å². The van der Waals surface area contributed by atoms with Crippen molar-refractivity contribution in [2.45, 2.75) is 18.9 Å². The van der Waals surface area contributed by atoms with Crippen molar-refractivity contribution in [3.8, 4) is 0 Å². The molecule has 0 aromatic carbocycles. The smallest absolute Gasteiger partial charge is 0.116 e. The maximum absolute atomic E-state index is 8.53. The fourth-order valence-corrected chi connectivity index (χ4v) is 1.02. The molecule has 0 aliphatic carbocycles. The van der Waals surface area contributed by atoms with Gasteiger partial charge in [-0.15, -0.1) is 0 Å². The van der Waals surface area contributed by atoms with Crippen molar-refractivity contribution in [2.24, 2.45) is 11.5 Å². The lowest BCUT2D eigenvalue weighted by Crippen LogP contribution is -2.75. The predicted octanol–water partition coefficient (Wildman–Crippen LogP) is -3.88. The zero-order valence-corrected chi connectivity index (χ0v) is 6.75. The van der Waals surface area contributed by atoms with Crippen molar-refractivity contribution < 1.29 is 5.11 Å². The number of nitrogens with two attached hydrogens (primary N) is 2. The van der Waals surface area contributed by atoms with Crippen LogP contribution >= 0.6 is 0 Å². The molecule has 0 amide bonds. The van der Waals surface area contributed by atoms with Gasteiger partial charge in [0.25, 0.3) is 0 Å². The molecule has 7 heteroatoms.